The number of para-hydroxylation sites is 2. The number of aromatic nitrogens is 4. The molecule has 0 aliphatic carbocycles. The van der Waals surface area contributed by atoms with Crippen LogP contribution in [0, 0.1) is 20.8 Å². The molecule has 0 saturated heterocycles. The summed E-state index contributed by atoms with van der Waals surface area (Å²) in [6, 6.07) is 19.2. The summed E-state index contributed by atoms with van der Waals surface area (Å²) in [7, 11) is 1.62. The number of hydrogen-bond acceptors (Lipinski definition) is 8. The molecule has 3 aromatic heterocycles. The van der Waals surface area contributed by atoms with E-state index in [1.165, 1.54) is 0 Å². The molecule has 0 aliphatic rings. The van der Waals surface area contributed by atoms with Crippen molar-refractivity contribution in [1.29, 1.82) is 0 Å². The van der Waals surface area contributed by atoms with Crippen LogP contribution >= 0.6 is 0 Å². The van der Waals surface area contributed by atoms with Crippen molar-refractivity contribution in [3.8, 4) is 16.9 Å². The first-order valence-corrected chi connectivity index (χ1v) is 16.0. The largest absolute Gasteiger partial charge is 0.496 e. The van der Waals surface area contributed by atoms with Gasteiger partial charge in [0.05, 0.1) is 47.2 Å². The zero-order chi connectivity index (χ0) is 33.8. The summed E-state index contributed by atoms with van der Waals surface area (Å²) < 4.78 is 13.0. The maximum absolute atomic E-state index is 13.8. The van der Waals surface area contributed by atoms with E-state index in [2.05, 4.69) is 21.9 Å². The molecule has 6 rings (SSSR count). The summed E-state index contributed by atoms with van der Waals surface area (Å²) in [6.45, 7) is 6.67. The van der Waals surface area contributed by atoms with Crippen LogP contribution in [-0.4, -0.2) is 45.4 Å². The third kappa shape index (κ3) is 6.71. The predicted octanol–water partition coefficient (Wildman–Crippen LogP) is 6.73. The van der Waals surface area contributed by atoms with Crippen molar-refractivity contribution in [1.82, 2.24) is 25.2 Å². The number of methoxy groups -OCH3 is 1. The van der Waals surface area contributed by atoms with Gasteiger partial charge in [0.15, 0.2) is 0 Å². The lowest BCUT2D eigenvalue weighted by Gasteiger charge is -2.11. The first-order chi connectivity index (χ1) is 23.2. The van der Waals surface area contributed by atoms with E-state index in [0.29, 0.717) is 70.9 Å². The molecule has 0 aliphatic heterocycles. The van der Waals surface area contributed by atoms with Gasteiger partial charge in [-0.05, 0) is 63.4 Å². The molecule has 0 fully saturated rings. The third-order valence-corrected chi connectivity index (χ3v) is 8.43. The van der Waals surface area contributed by atoms with E-state index in [9.17, 15) is 9.59 Å². The summed E-state index contributed by atoms with van der Waals surface area (Å²) in [5.41, 5.74) is 13.5. The second-order valence-electron chi connectivity index (χ2n) is 12.0. The van der Waals surface area contributed by atoms with Gasteiger partial charge < -0.3 is 25.6 Å². The van der Waals surface area contributed by atoms with Crippen LogP contribution in [0.2, 0.25) is 0 Å². The van der Waals surface area contributed by atoms with Gasteiger partial charge in [-0.2, -0.15) is 5.10 Å². The predicted molar refractivity (Wildman–Crippen MR) is 187 cm³/mol. The molecule has 6 aromatic rings. The van der Waals surface area contributed by atoms with Crippen LogP contribution in [0.4, 0.5) is 11.4 Å². The molecular formula is C37H39N7O4. The Hall–Kier alpha value is -5.71. The zero-order valence-corrected chi connectivity index (χ0v) is 27.6. The van der Waals surface area contributed by atoms with Gasteiger partial charge in [-0.15, -0.1) is 0 Å². The van der Waals surface area contributed by atoms with Gasteiger partial charge in [-0.1, -0.05) is 53.5 Å². The van der Waals surface area contributed by atoms with Gasteiger partial charge in [0.2, 0.25) is 5.91 Å². The average Bonchev–Trinajstić information content (AvgIpc) is 3.61. The standard InChI is InChI=1S/C37H39N7O4/c1-22-11-10-12-25(17-22)21-44-36(37(46)39-16-9-5-6-15-33(45)41-30-14-8-7-13-29(30)38)28-20-40-31-18-27(34-23(2)43-48-24(34)3)32(47-4)19-26(31)35(28)42-44/h7-8,10-14,17-20H,5-6,9,15-16,21,38H2,1-4H3,(H,39,46)(H,41,45). The second kappa shape index (κ2) is 14.0. The molecule has 2 amide bonds. The van der Waals surface area contributed by atoms with Crippen LogP contribution < -0.4 is 21.1 Å². The zero-order valence-electron chi connectivity index (χ0n) is 27.6. The molecule has 0 bridgehead atoms. The van der Waals surface area contributed by atoms with Gasteiger partial charge in [0.1, 0.15) is 22.7 Å². The summed E-state index contributed by atoms with van der Waals surface area (Å²) in [6.07, 6.45) is 4.28. The van der Waals surface area contributed by atoms with Gasteiger partial charge >= 0.3 is 0 Å². The fourth-order valence-corrected chi connectivity index (χ4v) is 6.06. The van der Waals surface area contributed by atoms with E-state index in [1.807, 2.05) is 63.2 Å². The topological polar surface area (TPSA) is 150 Å². The molecule has 4 N–H and O–H groups in total. The highest BCUT2D eigenvalue weighted by Gasteiger charge is 2.23. The Morgan fingerprint density at radius 3 is 2.56 bits per heavy atom. The van der Waals surface area contributed by atoms with Gasteiger partial charge in [-0.25, -0.2) is 0 Å². The van der Waals surface area contributed by atoms with Gasteiger partial charge in [0, 0.05) is 30.1 Å². The maximum Gasteiger partial charge on any atom is 0.270 e. The quantitative estimate of drug-likeness (QED) is 0.0979. The van der Waals surface area contributed by atoms with Crippen LogP contribution in [0.25, 0.3) is 32.9 Å². The van der Waals surface area contributed by atoms with Crippen molar-refractivity contribution in [2.24, 2.45) is 0 Å². The Morgan fingerprint density at radius 1 is 0.979 bits per heavy atom. The number of anilines is 2. The second-order valence-corrected chi connectivity index (χ2v) is 12.0. The van der Waals surface area contributed by atoms with E-state index < -0.39 is 0 Å². The minimum Gasteiger partial charge on any atom is -0.496 e. The first-order valence-electron chi connectivity index (χ1n) is 16.0. The summed E-state index contributed by atoms with van der Waals surface area (Å²) in [4.78, 5) is 30.9. The van der Waals surface area contributed by atoms with Crippen LogP contribution in [0.15, 0.2) is 71.4 Å². The number of benzene rings is 3. The number of carbonyl (C=O) groups is 2. The highest BCUT2D eigenvalue weighted by atomic mass is 16.5. The monoisotopic (exact) mass is 645 g/mol. The van der Waals surface area contributed by atoms with Crippen molar-refractivity contribution in [2.45, 2.75) is 53.0 Å². The van der Waals surface area contributed by atoms with Crippen molar-refractivity contribution in [3.05, 3.63) is 95.1 Å². The smallest absolute Gasteiger partial charge is 0.270 e. The van der Waals surface area contributed by atoms with Crippen molar-refractivity contribution in [3.63, 3.8) is 0 Å². The minimum absolute atomic E-state index is 0.0846. The van der Waals surface area contributed by atoms with Crippen LogP contribution in [0.1, 0.15) is 58.8 Å². The van der Waals surface area contributed by atoms with Crippen molar-refractivity contribution >= 4 is 45.0 Å². The normalized spacial score (nSPS) is 11.2. The van der Waals surface area contributed by atoms with Crippen molar-refractivity contribution < 1.29 is 18.8 Å². The molecule has 3 heterocycles. The SMILES string of the molecule is COc1cc2c(cc1-c1c(C)noc1C)ncc1c(C(=O)NCCCCCC(=O)Nc3ccccc3N)n(Cc3cccc(C)c3)nc12. The Morgan fingerprint density at radius 2 is 1.81 bits per heavy atom. The fourth-order valence-electron chi connectivity index (χ4n) is 6.06. The van der Waals surface area contributed by atoms with E-state index in [4.69, 9.17) is 25.1 Å². The van der Waals surface area contributed by atoms with Crippen LogP contribution in [-0.2, 0) is 11.3 Å². The lowest BCUT2D eigenvalue weighted by molar-refractivity contribution is -0.116. The molecule has 11 heteroatoms. The van der Waals surface area contributed by atoms with Gasteiger partial charge in [0.25, 0.3) is 5.91 Å². The Balaban J connectivity index is 1.23. The third-order valence-electron chi connectivity index (χ3n) is 8.43. The lowest BCUT2D eigenvalue weighted by atomic mass is 10.00. The number of carbonyl (C=O) groups excluding carboxylic acids is 2. The number of fused-ring (bicyclic) bond motifs is 3. The molecule has 0 atom stereocenters. The summed E-state index contributed by atoms with van der Waals surface area (Å²) in [5.74, 6) is 1.00. The Kier molecular flexibility index (Phi) is 9.38. The molecule has 0 radical (unpaired) electrons. The first kappa shape index (κ1) is 32.2. The van der Waals surface area contributed by atoms with E-state index in [-0.39, 0.29) is 11.8 Å². The van der Waals surface area contributed by atoms with E-state index >= 15 is 0 Å². The maximum atomic E-state index is 13.8. The highest BCUT2D eigenvalue weighted by molar-refractivity contribution is 6.13. The summed E-state index contributed by atoms with van der Waals surface area (Å²) in [5, 5.41) is 16.4. The number of nitrogen functional groups attached to an aromatic ring is 1. The number of hydrogen-bond donors (Lipinski definition) is 3. The number of pyridine rings is 1. The number of rotatable bonds is 12. The number of ether oxygens (including phenoxy) is 1. The van der Waals surface area contributed by atoms with Crippen LogP contribution in [0.5, 0.6) is 5.75 Å². The number of aryl methyl sites for hydroxylation is 3. The number of nitrogens with zero attached hydrogens (tertiary/aromatic N) is 4. The Labute approximate surface area is 278 Å². The summed E-state index contributed by atoms with van der Waals surface area (Å²) >= 11 is 0. The van der Waals surface area contributed by atoms with Crippen molar-refractivity contribution in [2.75, 3.05) is 24.7 Å². The molecule has 0 spiro atoms. The molecule has 0 unspecified atom stereocenters. The van der Waals surface area contributed by atoms with E-state index in [1.54, 1.807) is 30.1 Å². The number of nitrogens with one attached hydrogen (secondary N) is 2. The average molecular weight is 646 g/mol. The van der Waals surface area contributed by atoms with Crippen LogP contribution in [0.3, 0.4) is 0 Å². The molecular weight excluding hydrogens is 606 g/mol. The van der Waals surface area contributed by atoms with E-state index in [0.717, 1.165) is 46.2 Å². The minimum atomic E-state index is -0.233. The highest BCUT2D eigenvalue weighted by Crippen LogP contribution is 2.39. The molecule has 11 nitrogen and oxygen atoms in total. The number of nitrogens with two attached hydrogens (primary N) is 1. The molecule has 48 heavy (non-hydrogen) atoms. The Bertz CT molecular complexity index is 2110. The molecule has 0 saturated carbocycles. The van der Waals surface area contributed by atoms with Gasteiger partial charge in [-0.3, -0.25) is 19.3 Å². The fraction of sp³-hybridized carbons (Fsp3) is 0.270. The molecule has 3 aromatic carbocycles. The lowest BCUT2D eigenvalue weighted by Crippen LogP contribution is -2.27. The number of amides is 2. The number of unbranched alkanes of at least 4 members (excludes halogenated alkanes) is 2. The molecule has 246 valence electrons.